The van der Waals surface area contributed by atoms with Gasteiger partial charge in [0, 0.05) is 6.08 Å². The zero-order valence-corrected chi connectivity index (χ0v) is 15.2. The van der Waals surface area contributed by atoms with Crippen LogP contribution in [0.4, 0.5) is 0 Å². The van der Waals surface area contributed by atoms with Gasteiger partial charge >= 0.3 is 5.97 Å². The van der Waals surface area contributed by atoms with Crippen LogP contribution in [0.15, 0.2) is 37.0 Å². The van der Waals surface area contributed by atoms with Crippen molar-refractivity contribution < 1.29 is 14.6 Å². The van der Waals surface area contributed by atoms with Crippen molar-refractivity contribution in [2.45, 2.75) is 64.4 Å². The fourth-order valence-corrected chi connectivity index (χ4v) is 4.46. The Morgan fingerprint density at radius 2 is 2.00 bits per heavy atom. The lowest BCUT2D eigenvalue weighted by molar-refractivity contribution is -0.138. The van der Waals surface area contributed by atoms with Gasteiger partial charge in [-0.3, -0.25) is 0 Å². The Labute approximate surface area is 146 Å². The van der Waals surface area contributed by atoms with E-state index < -0.39 is 5.60 Å². The monoisotopic (exact) mass is 332 g/mol. The number of rotatable bonds is 7. The molecule has 0 bridgehead atoms. The number of aliphatic hydroxyl groups is 1. The predicted octanol–water partition coefficient (Wildman–Crippen LogP) is 4.58. The highest BCUT2D eigenvalue weighted by Gasteiger charge is 2.48. The summed E-state index contributed by atoms with van der Waals surface area (Å²) in [6.07, 6.45) is 15.2. The maximum absolute atomic E-state index is 11.5. The molecule has 2 saturated carbocycles. The summed E-state index contributed by atoms with van der Waals surface area (Å²) < 4.78 is 5.19. The molecule has 2 aliphatic rings. The summed E-state index contributed by atoms with van der Waals surface area (Å²) in [4.78, 5) is 11.5. The number of hydrogen-bond donors (Lipinski definition) is 1. The van der Waals surface area contributed by atoms with Crippen LogP contribution in [-0.4, -0.2) is 23.3 Å². The average molecular weight is 332 g/mol. The molecule has 3 nitrogen and oxygen atoms in total. The van der Waals surface area contributed by atoms with Gasteiger partial charge in [-0.2, -0.15) is 0 Å². The average Bonchev–Trinajstić information content (AvgIpc) is 2.83. The van der Waals surface area contributed by atoms with Gasteiger partial charge in [-0.1, -0.05) is 44.7 Å². The van der Waals surface area contributed by atoms with Gasteiger partial charge in [0.05, 0.1) is 12.2 Å². The molecule has 0 saturated heterocycles. The van der Waals surface area contributed by atoms with Crippen molar-refractivity contribution in [1.29, 1.82) is 0 Å². The van der Waals surface area contributed by atoms with Crippen LogP contribution in [0.3, 0.4) is 0 Å². The molecule has 24 heavy (non-hydrogen) atoms. The summed E-state index contributed by atoms with van der Waals surface area (Å²) in [6, 6.07) is 0. The second-order valence-corrected chi connectivity index (χ2v) is 8.11. The van der Waals surface area contributed by atoms with E-state index in [1.54, 1.807) is 24.3 Å². The third-order valence-corrected chi connectivity index (χ3v) is 5.93. The molecule has 134 valence electrons. The smallest absolute Gasteiger partial charge is 0.330 e. The number of ether oxygens (including phenoxy) is 1. The second-order valence-electron chi connectivity index (χ2n) is 8.11. The van der Waals surface area contributed by atoms with E-state index in [4.69, 9.17) is 4.74 Å². The molecule has 2 rings (SSSR count). The lowest BCUT2D eigenvalue weighted by Crippen LogP contribution is -2.41. The summed E-state index contributed by atoms with van der Waals surface area (Å²) in [5.41, 5.74) is -0.215. The van der Waals surface area contributed by atoms with E-state index in [0.717, 1.165) is 38.0 Å². The predicted molar refractivity (Wildman–Crippen MR) is 97.5 cm³/mol. The fourth-order valence-electron chi connectivity index (χ4n) is 4.46. The van der Waals surface area contributed by atoms with Crippen molar-refractivity contribution in [2.24, 2.45) is 17.3 Å². The zero-order valence-electron chi connectivity index (χ0n) is 15.2. The minimum Gasteiger partial charge on any atom is -0.463 e. The van der Waals surface area contributed by atoms with Crippen molar-refractivity contribution >= 4 is 5.97 Å². The van der Waals surface area contributed by atoms with Gasteiger partial charge < -0.3 is 9.84 Å². The maximum Gasteiger partial charge on any atom is 0.330 e. The molecule has 0 aliphatic heterocycles. The topological polar surface area (TPSA) is 46.5 Å². The summed E-state index contributed by atoms with van der Waals surface area (Å²) in [5, 5.41) is 10.9. The van der Waals surface area contributed by atoms with E-state index in [9.17, 15) is 9.90 Å². The Morgan fingerprint density at radius 3 is 2.75 bits per heavy atom. The van der Waals surface area contributed by atoms with Gasteiger partial charge in [-0.25, -0.2) is 4.79 Å². The zero-order chi connectivity index (χ0) is 17.6. The first-order valence-corrected chi connectivity index (χ1v) is 9.21. The first kappa shape index (κ1) is 19.0. The van der Waals surface area contributed by atoms with Crippen molar-refractivity contribution in [2.75, 3.05) is 6.61 Å². The van der Waals surface area contributed by atoms with E-state index in [1.807, 2.05) is 0 Å². The third-order valence-electron chi connectivity index (χ3n) is 5.93. The number of hydrogen-bond acceptors (Lipinski definition) is 3. The van der Waals surface area contributed by atoms with Gasteiger partial charge in [-0.15, -0.1) is 0 Å². The molecule has 0 spiro atoms. The van der Waals surface area contributed by atoms with Crippen LogP contribution in [0.1, 0.15) is 58.8 Å². The standard InChI is InChI=1S/C21H32O3/c1-4-5-6-7-9-19(22)24-15-8-12-21(23)14-11-17-10-13-20(2,3)18(17)16-21/h4-7,9,17-18,23H,1,8,10-16H2,2-3H3/b6-5-,9-7-. The largest absolute Gasteiger partial charge is 0.463 e. The molecule has 2 fully saturated rings. The molecular weight excluding hydrogens is 300 g/mol. The van der Waals surface area contributed by atoms with Crippen LogP contribution in [0.25, 0.3) is 0 Å². The molecule has 3 unspecified atom stereocenters. The van der Waals surface area contributed by atoms with Crippen LogP contribution in [0.5, 0.6) is 0 Å². The molecule has 3 atom stereocenters. The Morgan fingerprint density at radius 1 is 1.25 bits per heavy atom. The van der Waals surface area contributed by atoms with E-state index in [1.165, 1.54) is 18.9 Å². The van der Waals surface area contributed by atoms with E-state index in [0.29, 0.717) is 17.9 Å². The maximum atomic E-state index is 11.5. The normalized spacial score (nSPS) is 32.1. The lowest BCUT2D eigenvalue weighted by atomic mass is 9.65. The molecule has 0 aromatic heterocycles. The summed E-state index contributed by atoms with van der Waals surface area (Å²) in [5.74, 6) is 1.10. The Balaban J connectivity index is 1.72. The fraction of sp³-hybridized carbons (Fsp3) is 0.667. The highest BCUT2D eigenvalue weighted by atomic mass is 16.5. The van der Waals surface area contributed by atoms with Crippen LogP contribution in [0.2, 0.25) is 0 Å². The van der Waals surface area contributed by atoms with Gasteiger partial charge in [0.15, 0.2) is 0 Å². The summed E-state index contributed by atoms with van der Waals surface area (Å²) in [7, 11) is 0. The number of esters is 1. The van der Waals surface area contributed by atoms with Crippen LogP contribution in [0, 0.1) is 17.3 Å². The van der Waals surface area contributed by atoms with E-state index in [2.05, 4.69) is 20.4 Å². The van der Waals surface area contributed by atoms with E-state index in [-0.39, 0.29) is 5.97 Å². The first-order valence-electron chi connectivity index (χ1n) is 9.21. The summed E-state index contributed by atoms with van der Waals surface area (Å²) >= 11 is 0. The Bertz CT molecular complexity index is 503. The van der Waals surface area contributed by atoms with Crippen molar-refractivity contribution in [1.82, 2.24) is 0 Å². The van der Waals surface area contributed by atoms with Crippen LogP contribution in [-0.2, 0) is 9.53 Å². The molecule has 1 N–H and O–H groups in total. The van der Waals surface area contributed by atoms with Gasteiger partial charge in [0.2, 0.25) is 0 Å². The molecule has 0 aromatic carbocycles. The number of carbonyl (C=O) groups is 1. The van der Waals surface area contributed by atoms with Crippen LogP contribution < -0.4 is 0 Å². The molecule has 0 aromatic rings. The molecule has 0 amide bonds. The van der Waals surface area contributed by atoms with Gasteiger partial charge in [0.1, 0.15) is 0 Å². The van der Waals surface area contributed by atoms with Crippen molar-refractivity contribution in [3.05, 3.63) is 37.0 Å². The van der Waals surface area contributed by atoms with E-state index >= 15 is 0 Å². The Hall–Kier alpha value is -1.35. The van der Waals surface area contributed by atoms with Gasteiger partial charge in [0.25, 0.3) is 0 Å². The lowest BCUT2D eigenvalue weighted by Gasteiger charge is -2.43. The number of fused-ring (bicyclic) bond motifs is 1. The third kappa shape index (κ3) is 5.07. The number of carbonyl (C=O) groups excluding carboxylic acids is 1. The molecule has 2 aliphatic carbocycles. The minimum absolute atomic E-state index is 0.337. The highest BCUT2D eigenvalue weighted by molar-refractivity contribution is 5.82. The SMILES string of the molecule is C=C/C=C\C=C/C(=O)OCCCC1(O)CCC2CCC(C)(C)C2C1. The molecule has 0 heterocycles. The van der Waals surface area contributed by atoms with Gasteiger partial charge in [-0.05, 0) is 62.2 Å². The summed E-state index contributed by atoms with van der Waals surface area (Å²) in [6.45, 7) is 8.62. The molecule has 0 radical (unpaired) electrons. The Kier molecular flexibility index (Phi) is 6.45. The first-order chi connectivity index (χ1) is 11.4. The van der Waals surface area contributed by atoms with Crippen molar-refractivity contribution in [3.63, 3.8) is 0 Å². The molecule has 3 heteroatoms. The quantitative estimate of drug-likeness (QED) is 0.321. The highest BCUT2D eigenvalue weighted by Crippen LogP contribution is 2.55. The minimum atomic E-state index is -0.572. The second kappa shape index (κ2) is 8.15. The van der Waals surface area contributed by atoms with Crippen molar-refractivity contribution in [3.8, 4) is 0 Å². The van der Waals surface area contributed by atoms with Crippen LogP contribution >= 0.6 is 0 Å². The number of allylic oxidation sites excluding steroid dienone is 4. The molecular formula is C21H32O3.